The molecule has 5 nitrogen and oxygen atoms in total. The molecule has 0 aliphatic carbocycles. The predicted octanol–water partition coefficient (Wildman–Crippen LogP) is 3.59. The number of ketones is 1. The highest BCUT2D eigenvalue weighted by Crippen LogP contribution is 2.31. The van der Waals surface area contributed by atoms with Crippen molar-refractivity contribution in [3.8, 4) is 23.1 Å². The van der Waals surface area contributed by atoms with Crippen LogP contribution in [-0.4, -0.2) is 15.9 Å². The molecular weight excluding hydrogens is 333 g/mol. The van der Waals surface area contributed by atoms with E-state index in [0.717, 1.165) is 0 Å². The SMILES string of the molecule is Cc1ccc(C(=O)c2ccc(O)c(-c3ccc(C#N)c(N)n3)c2)c(F)c1. The number of nitriles is 1. The number of carbonyl (C=O) groups excluding carboxylic acids is 1. The van der Waals surface area contributed by atoms with Crippen LogP contribution in [0, 0.1) is 24.1 Å². The summed E-state index contributed by atoms with van der Waals surface area (Å²) in [5.74, 6) is -1.20. The van der Waals surface area contributed by atoms with E-state index in [4.69, 9.17) is 11.0 Å². The van der Waals surface area contributed by atoms with Gasteiger partial charge in [-0.15, -0.1) is 0 Å². The van der Waals surface area contributed by atoms with E-state index in [0.29, 0.717) is 11.3 Å². The van der Waals surface area contributed by atoms with Crippen LogP contribution >= 0.6 is 0 Å². The molecule has 26 heavy (non-hydrogen) atoms. The summed E-state index contributed by atoms with van der Waals surface area (Å²) in [4.78, 5) is 16.7. The smallest absolute Gasteiger partial charge is 0.195 e. The molecule has 1 heterocycles. The van der Waals surface area contributed by atoms with Gasteiger partial charge < -0.3 is 10.8 Å². The number of nitrogens with zero attached hydrogens (tertiary/aromatic N) is 2. The Morgan fingerprint density at radius 3 is 2.62 bits per heavy atom. The normalized spacial score (nSPS) is 10.3. The monoisotopic (exact) mass is 347 g/mol. The second kappa shape index (κ2) is 6.65. The average Bonchev–Trinajstić information content (AvgIpc) is 2.61. The van der Waals surface area contributed by atoms with Crippen LogP contribution in [0.25, 0.3) is 11.3 Å². The molecule has 0 saturated carbocycles. The number of hydrogen-bond donors (Lipinski definition) is 2. The van der Waals surface area contributed by atoms with E-state index < -0.39 is 11.6 Å². The number of phenolic OH excluding ortho intramolecular Hbond substituents is 1. The third-order valence-corrected chi connectivity index (χ3v) is 3.95. The highest BCUT2D eigenvalue weighted by Gasteiger charge is 2.17. The van der Waals surface area contributed by atoms with Crippen molar-refractivity contribution in [2.24, 2.45) is 0 Å². The minimum Gasteiger partial charge on any atom is -0.507 e. The lowest BCUT2D eigenvalue weighted by Gasteiger charge is -2.09. The highest BCUT2D eigenvalue weighted by molar-refractivity contribution is 6.09. The Hall–Kier alpha value is -3.72. The fourth-order valence-electron chi connectivity index (χ4n) is 2.56. The number of nitrogens with two attached hydrogens (primary N) is 1. The van der Waals surface area contributed by atoms with Crippen molar-refractivity contribution < 1.29 is 14.3 Å². The first-order chi connectivity index (χ1) is 12.4. The van der Waals surface area contributed by atoms with Crippen LogP contribution in [0.2, 0.25) is 0 Å². The third kappa shape index (κ3) is 3.10. The summed E-state index contributed by atoms with van der Waals surface area (Å²) in [6.07, 6.45) is 0. The number of phenols is 1. The lowest BCUT2D eigenvalue weighted by molar-refractivity contribution is 0.103. The van der Waals surface area contributed by atoms with E-state index in [-0.39, 0.29) is 33.8 Å². The van der Waals surface area contributed by atoms with Gasteiger partial charge in [0.25, 0.3) is 0 Å². The highest BCUT2D eigenvalue weighted by atomic mass is 19.1. The molecule has 0 radical (unpaired) electrons. The van der Waals surface area contributed by atoms with Crippen molar-refractivity contribution in [3.05, 3.63) is 76.6 Å². The number of carbonyl (C=O) groups is 1. The van der Waals surface area contributed by atoms with Gasteiger partial charge in [-0.2, -0.15) is 5.26 Å². The molecule has 0 atom stereocenters. The van der Waals surface area contributed by atoms with Gasteiger partial charge in [-0.25, -0.2) is 9.37 Å². The summed E-state index contributed by atoms with van der Waals surface area (Å²) >= 11 is 0. The molecule has 0 bridgehead atoms. The molecule has 3 rings (SSSR count). The number of anilines is 1. The number of pyridine rings is 1. The Kier molecular flexibility index (Phi) is 4.38. The Bertz CT molecular complexity index is 1070. The molecule has 0 aliphatic heterocycles. The minimum absolute atomic E-state index is 0.0192. The van der Waals surface area contributed by atoms with Crippen LogP contribution in [0.4, 0.5) is 10.2 Å². The minimum atomic E-state index is -0.606. The summed E-state index contributed by atoms with van der Waals surface area (Å²) in [5.41, 5.74) is 7.34. The molecule has 2 aromatic carbocycles. The molecule has 0 unspecified atom stereocenters. The first-order valence-corrected chi connectivity index (χ1v) is 7.71. The summed E-state index contributed by atoms with van der Waals surface area (Å²) in [7, 11) is 0. The van der Waals surface area contributed by atoms with Gasteiger partial charge in [0, 0.05) is 11.1 Å². The lowest BCUT2D eigenvalue weighted by Crippen LogP contribution is -2.05. The summed E-state index contributed by atoms with van der Waals surface area (Å²) < 4.78 is 14.1. The van der Waals surface area contributed by atoms with Crippen molar-refractivity contribution in [3.63, 3.8) is 0 Å². The molecular formula is C20H14FN3O2. The lowest BCUT2D eigenvalue weighted by atomic mass is 9.98. The summed E-state index contributed by atoms with van der Waals surface area (Å²) in [6.45, 7) is 1.73. The molecule has 3 N–H and O–H groups in total. The van der Waals surface area contributed by atoms with E-state index in [2.05, 4.69) is 4.98 Å². The second-order valence-electron chi connectivity index (χ2n) is 5.79. The van der Waals surface area contributed by atoms with Gasteiger partial charge >= 0.3 is 0 Å². The number of benzene rings is 2. The summed E-state index contributed by atoms with van der Waals surface area (Å²) in [5, 5.41) is 19.0. The number of rotatable bonds is 3. The number of aromatic nitrogens is 1. The van der Waals surface area contributed by atoms with Crippen LogP contribution in [0.5, 0.6) is 5.75 Å². The standard InChI is InChI=1S/C20H14FN3O2/c1-11-2-5-14(16(21)8-11)19(26)12-4-7-18(25)15(9-12)17-6-3-13(10-22)20(23)24-17/h2-9,25H,1H3,(H2,23,24). The Morgan fingerprint density at radius 2 is 1.96 bits per heavy atom. The van der Waals surface area contributed by atoms with E-state index in [9.17, 15) is 14.3 Å². The van der Waals surface area contributed by atoms with E-state index in [1.165, 1.54) is 42.5 Å². The zero-order valence-electron chi connectivity index (χ0n) is 13.8. The van der Waals surface area contributed by atoms with Crippen LogP contribution in [0.1, 0.15) is 27.0 Å². The van der Waals surface area contributed by atoms with Crippen molar-refractivity contribution in [2.75, 3.05) is 5.73 Å². The van der Waals surface area contributed by atoms with Crippen molar-refractivity contribution >= 4 is 11.6 Å². The van der Waals surface area contributed by atoms with Crippen LogP contribution < -0.4 is 5.73 Å². The maximum absolute atomic E-state index is 14.1. The first-order valence-electron chi connectivity index (χ1n) is 7.71. The predicted molar refractivity (Wildman–Crippen MR) is 95.0 cm³/mol. The van der Waals surface area contributed by atoms with Crippen molar-refractivity contribution in [2.45, 2.75) is 6.92 Å². The maximum atomic E-state index is 14.1. The number of nitrogen functional groups attached to an aromatic ring is 1. The topological polar surface area (TPSA) is 100 Å². The summed E-state index contributed by atoms with van der Waals surface area (Å²) in [6, 6.07) is 13.4. The van der Waals surface area contributed by atoms with Crippen molar-refractivity contribution in [1.29, 1.82) is 5.26 Å². The maximum Gasteiger partial charge on any atom is 0.195 e. The van der Waals surface area contributed by atoms with Gasteiger partial charge in [0.15, 0.2) is 5.78 Å². The van der Waals surface area contributed by atoms with Gasteiger partial charge in [-0.3, -0.25) is 4.79 Å². The zero-order chi connectivity index (χ0) is 18.8. The molecule has 0 saturated heterocycles. The average molecular weight is 347 g/mol. The molecule has 3 aromatic rings. The van der Waals surface area contributed by atoms with E-state index in [1.54, 1.807) is 13.0 Å². The molecule has 1 aromatic heterocycles. The Labute approximate surface area is 149 Å². The molecule has 0 amide bonds. The van der Waals surface area contributed by atoms with Crippen molar-refractivity contribution in [1.82, 2.24) is 4.98 Å². The van der Waals surface area contributed by atoms with Crippen LogP contribution in [0.3, 0.4) is 0 Å². The van der Waals surface area contributed by atoms with Gasteiger partial charge in [0.2, 0.25) is 0 Å². The number of aromatic hydroxyl groups is 1. The van der Waals surface area contributed by atoms with Gasteiger partial charge in [0.05, 0.1) is 16.8 Å². The zero-order valence-corrected chi connectivity index (χ0v) is 13.8. The van der Waals surface area contributed by atoms with Crippen LogP contribution in [-0.2, 0) is 0 Å². The van der Waals surface area contributed by atoms with Gasteiger partial charge in [0.1, 0.15) is 23.5 Å². The quantitative estimate of drug-likeness (QED) is 0.705. The first kappa shape index (κ1) is 17.1. The molecule has 6 heteroatoms. The fourth-order valence-corrected chi connectivity index (χ4v) is 2.56. The number of aryl methyl sites for hydroxylation is 1. The van der Waals surface area contributed by atoms with E-state index >= 15 is 0 Å². The molecule has 0 aliphatic rings. The third-order valence-electron chi connectivity index (χ3n) is 3.95. The largest absolute Gasteiger partial charge is 0.507 e. The van der Waals surface area contributed by atoms with E-state index in [1.807, 2.05) is 6.07 Å². The van der Waals surface area contributed by atoms with Gasteiger partial charge in [-0.1, -0.05) is 6.07 Å². The number of halogens is 1. The van der Waals surface area contributed by atoms with Crippen LogP contribution in [0.15, 0.2) is 48.5 Å². The molecule has 0 spiro atoms. The number of hydrogen-bond acceptors (Lipinski definition) is 5. The molecule has 0 fully saturated rings. The fraction of sp³-hybridized carbons (Fsp3) is 0.0500. The van der Waals surface area contributed by atoms with Gasteiger partial charge in [-0.05, 0) is 55.0 Å². The second-order valence-corrected chi connectivity index (χ2v) is 5.79. The Balaban J connectivity index is 2.07. The molecule has 128 valence electrons. The Morgan fingerprint density at radius 1 is 1.19 bits per heavy atom.